The van der Waals surface area contributed by atoms with Crippen molar-refractivity contribution in [3.8, 4) is 0 Å². The van der Waals surface area contributed by atoms with E-state index < -0.39 is 0 Å². The van der Waals surface area contributed by atoms with Gasteiger partial charge in [-0.15, -0.1) is 0 Å². The lowest BCUT2D eigenvalue weighted by molar-refractivity contribution is 0.613. The molecule has 3 heteroatoms. The summed E-state index contributed by atoms with van der Waals surface area (Å²) in [5.74, 6) is 5.73. The molecule has 1 heterocycles. The average molecular weight is 241 g/mol. The van der Waals surface area contributed by atoms with Gasteiger partial charge in [0.25, 0.3) is 0 Å². The highest BCUT2D eigenvalue weighted by atomic mass is 15.2. The number of aromatic nitrogens is 1. The first-order valence-corrected chi connectivity index (χ1v) is 6.09. The first-order chi connectivity index (χ1) is 8.65. The molecule has 1 atom stereocenters. The molecule has 0 spiro atoms. The number of nitrogens with one attached hydrogen (secondary N) is 1. The van der Waals surface area contributed by atoms with Crippen LogP contribution in [0.3, 0.4) is 0 Å². The molecule has 0 aliphatic rings. The van der Waals surface area contributed by atoms with E-state index in [1.54, 1.807) is 6.20 Å². The fourth-order valence-electron chi connectivity index (χ4n) is 2.20. The van der Waals surface area contributed by atoms with E-state index in [1.807, 2.05) is 6.07 Å². The predicted molar refractivity (Wildman–Crippen MR) is 74.1 cm³/mol. The Kier molecular flexibility index (Phi) is 3.75. The summed E-state index contributed by atoms with van der Waals surface area (Å²) in [6, 6.07) is 10.2. The fraction of sp³-hybridized carbons (Fsp3) is 0.267. The second-order valence-corrected chi connectivity index (χ2v) is 4.59. The first-order valence-electron chi connectivity index (χ1n) is 6.09. The monoisotopic (exact) mass is 241 g/mol. The Bertz CT molecular complexity index is 549. The molecule has 0 saturated heterocycles. The maximum absolute atomic E-state index is 5.73. The fourth-order valence-corrected chi connectivity index (χ4v) is 2.20. The smallest absolute Gasteiger partial charge is 0.0886 e. The van der Waals surface area contributed by atoms with E-state index in [-0.39, 0.29) is 6.04 Å². The molecule has 3 N–H and O–H groups in total. The molecule has 18 heavy (non-hydrogen) atoms. The van der Waals surface area contributed by atoms with Gasteiger partial charge in [0.15, 0.2) is 0 Å². The van der Waals surface area contributed by atoms with Crippen LogP contribution >= 0.6 is 0 Å². The van der Waals surface area contributed by atoms with E-state index in [4.69, 9.17) is 5.84 Å². The number of benzene rings is 1. The Morgan fingerprint density at radius 2 is 1.78 bits per heavy atom. The molecule has 0 bridgehead atoms. The van der Waals surface area contributed by atoms with Crippen molar-refractivity contribution in [2.24, 2.45) is 5.84 Å². The van der Waals surface area contributed by atoms with Crippen LogP contribution in [-0.4, -0.2) is 4.98 Å². The van der Waals surface area contributed by atoms with Gasteiger partial charge < -0.3 is 0 Å². The SMILES string of the molecule is Cc1cccnc1C(NN)c1cccc(C)c1C. The zero-order valence-electron chi connectivity index (χ0n) is 11.1. The van der Waals surface area contributed by atoms with Crippen LogP contribution in [-0.2, 0) is 0 Å². The number of hydrogen-bond donors (Lipinski definition) is 2. The largest absolute Gasteiger partial charge is 0.271 e. The molecular formula is C15H19N3. The van der Waals surface area contributed by atoms with Crippen molar-refractivity contribution in [3.05, 3.63) is 64.5 Å². The van der Waals surface area contributed by atoms with E-state index >= 15 is 0 Å². The van der Waals surface area contributed by atoms with Gasteiger partial charge in [-0.25, -0.2) is 5.43 Å². The van der Waals surface area contributed by atoms with Crippen molar-refractivity contribution in [1.29, 1.82) is 0 Å². The summed E-state index contributed by atoms with van der Waals surface area (Å²) < 4.78 is 0. The Morgan fingerprint density at radius 1 is 1.06 bits per heavy atom. The molecule has 0 aliphatic carbocycles. The lowest BCUT2D eigenvalue weighted by Gasteiger charge is -2.20. The van der Waals surface area contributed by atoms with Crippen LogP contribution in [0.15, 0.2) is 36.5 Å². The van der Waals surface area contributed by atoms with E-state index in [2.05, 4.69) is 55.4 Å². The average Bonchev–Trinajstić information content (AvgIpc) is 2.37. The molecule has 0 fully saturated rings. The number of pyridine rings is 1. The summed E-state index contributed by atoms with van der Waals surface area (Å²) >= 11 is 0. The van der Waals surface area contributed by atoms with Crippen LogP contribution in [0.4, 0.5) is 0 Å². The van der Waals surface area contributed by atoms with Crippen LogP contribution in [0.5, 0.6) is 0 Å². The van der Waals surface area contributed by atoms with Gasteiger partial charge >= 0.3 is 0 Å². The summed E-state index contributed by atoms with van der Waals surface area (Å²) in [6.45, 7) is 6.28. The molecular weight excluding hydrogens is 222 g/mol. The second-order valence-electron chi connectivity index (χ2n) is 4.59. The summed E-state index contributed by atoms with van der Waals surface area (Å²) in [7, 11) is 0. The minimum absolute atomic E-state index is 0.0638. The van der Waals surface area contributed by atoms with Crippen molar-refractivity contribution in [3.63, 3.8) is 0 Å². The van der Waals surface area contributed by atoms with Crippen molar-refractivity contribution in [1.82, 2.24) is 10.4 Å². The molecule has 0 aliphatic heterocycles. The van der Waals surface area contributed by atoms with Gasteiger partial charge in [0.1, 0.15) is 0 Å². The Balaban J connectivity index is 2.53. The maximum atomic E-state index is 5.73. The van der Waals surface area contributed by atoms with E-state index in [9.17, 15) is 0 Å². The third-order valence-electron chi connectivity index (χ3n) is 3.45. The lowest BCUT2D eigenvalue weighted by atomic mass is 9.94. The highest BCUT2D eigenvalue weighted by Crippen LogP contribution is 2.26. The Hall–Kier alpha value is -1.71. The van der Waals surface area contributed by atoms with Crippen molar-refractivity contribution in [2.75, 3.05) is 0 Å². The van der Waals surface area contributed by atoms with Crippen molar-refractivity contribution >= 4 is 0 Å². The second kappa shape index (κ2) is 5.29. The third kappa shape index (κ3) is 2.28. The van der Waals surface area contributed by atoms with E-state index in [0.717, 1.165) is 11.3 Å². The summed E-state index contributed by atoms with van der Waals surface area (Å²) in [4.78, 5) is 4.45. The number of hydrazine groups is 1. The van der Waals surface area contributed by atoms with Crippen LogP contribution in [0.1, 0.15) is 34.0 Å². The zero-order chi connectivity index (χ0) is 13.1. The van der Waals surface area contributed by atoms with Gasteiger partial charge in [0, 0.05) is 6.20 Å². The van der Waals surface area contributed by atoms with Gasteiger partial charge in [-0.2, -0.15) is 0 Å². The van der Waals surface area contributed by atoms with Gasteiger partial charge in [-0.1, -0.05) is 24.3 Å². The molecule has 0 radical (unpaired) electrons. The molecule has 94 valence electrons. The zero-order valence-corrected chi connectivity index (χ0v) is 11.1. The highest BCUT2D eigenvalue weighted by molar-refractivity contribution is 5.40. The highest BCUT2D eigenvalue weighted by Gasteiger charge is 2.18. The van der Waals surface area contributed by atoms with Gasteiger partial charge in [0.05, 0.1) is 11.7 Å². The Morgan fingerprint density at radius 3 is 2.44 bits per heavy atom. The van der Waals surface area contributed by atoms with E-state index in [1.165, 1.54) is 16.7 Å². The normalized spacial score (nSPS) is 12.4. The maximum Gasteiger partial charge on any atom is 0.0886 e. The molecule has 1 unspecified atom stereocenters. The van der Waals surface area contributed by atoms with Crippen LogP contribution in [0, 0.1) is 20.8 Å². The van der Waals surface area contributed by atoms with Crippen molar-refractivity contribution in [2.45, 2.75) is 26.8 Å². The number of nitrogens with two attached hydrogens (primary N) is 1. The minimum Gasteiger partial charge on any atom is -0.271 e. The first kappa shape index (κ1) is 12.7. The third-order valence-corrected chi connectivity index (χ3v) is 3.45. The summed E-state index contributed by atoms with van der Waals surface area (Å²) in [5.41, 5.74) is 8.70. The molecule has 1 aromatic heterocycles. The van der Waals surface area contributed by atoms with Gasteiger partial charge in [0.2, 0.25) is 0 Å². The summed E-state index contributed by atoms with van der Waals surface area (Å²) in [5, 5.41) is 0. The number of rotatable bonds is 3. The van der Waals surface area contributed by atoms with Crippen LogP contribution in [0.2, 0.25) is 0 Å². The molecule has 3 nitrogen and oxygen atoms in total. The minimum atomic E-state index is -0.0638. The molecule has 1 aromatic carbocycles. The molecule has 0 amide bonds. The van der Waals surface area contributed by atoms with Crippen molar-refractivity contribution < 1.29 is 0 Å². The molecule has 2 aromatic rings. The van der Waals surface area contributed by atoms with Crippen LogP contribution < -0.4 is 11.3 Å². The molecule has 0 saturated carbocycles. The lowest BCUT2D eigenvalue weighted by Crippen LogP contribution is -2.30. The summed E-state index contributed by atoms with van der Waals surface area (Å²) in [6.07, 6.45) is 1.80. The van der Waals surface area contributed by atoms with Gasteiger partial charge in [-0.05, 0) is 49.1 Å². The number of hydrogen-bond acceptors (Lipinski definition) is 3. The van der Waals surface area contributed by atoms with E-state index in [0.29, 0.717) is 0 Å². The Labute approximate surface area is 108 Å². The quantitative estimate of drug-likeness (QED) is 0.641. The van der Waals surface area contributed by atoms with Crippen LogP contribution in [0.25, 0.3) is 0 Å². The number of aryl methyl sites for hydroxylation is 2. The standard InChI is InChI=1S/C15H19N3/c1-10-6-4-8-13(12(10)3)15(18-16)14-11(2)7-5-9-17-14/h4-9,15,18H,16H2,1-3H3. The van der Waals surface area contributed by atoms with Gasteiger partial charge in [-0.3, -0.25) is 10.8 Å². The predicted octanol–water partition coefficient (Wildman–Crippen LogP) is 2.56. The topological polar surface area (TPSA) is 50.9 Å². The number of nitrogens with zero attached hydrogens (tertiary/aromatic N) is 1. The molecule has 2 rings (SSSR count).